The summed E-state index contributed by atoms with van der Waals surface area (Å²) in [5, 5.41) is 4.42. The average molecular weight is 400 g/mol. The molecule has 2 aromatic rings. The van der Waals surface area contributed by atoms with Crippen LogP contribution in [-0.2, 0) is 19.9 Å². The van der Waals surface area contributed by atoms with Gasteiger partial charge < -0.3 is 0 Å². The molecule has 5 heteroatoms. The Labute approximate surface area is 135 Å². The lowest BCUT2D eigenvalue weighted by Gasteiger charge is -2.07. The first-order valence-corrected chi connectivity index (χ1v) is 8.02. The fourth-order valence-electron chi connectivity index (χ4n) is 2.17. The highest BCUT2D eigenvalue weighted by atomic mass is 79.9. The van der Waals surface area contributed by atoms with Gasteiger partial charge in [-0.3, -0.25) is 9.48 Å². The normalized spacial score (nSPS) is 10.8. The van der Waals surface area contributed by atoms with E-state index < -0.39 is 0 Å². The second-order valence-corrected chi connectivity index (χ2v) is 6.34. The zero-order chi connectivity index (χ0) is 14.9. The molecule has 0 radical (unpaired) electrons. The van der Waals surface area contributed by atoms with Gasteiger partial charge in [0.05, 0.1) is 22.3 Å². The molecule has 0 amide bonds. The maximum absolute atomic E-state index is 12.5. The lowest BCUT2D eigenvalue weighted by atomic mass is 10.0. The van der Waals surface area contributed by atoms with Gasteiger partial charge in [-0.25, -0.2) is 0 Å². The molecule has 106 valence electrons. The largest absolute Gasteiger partial charge is 0.294 e. The molecule has 0 unspecified atom stereocenters. The van der Waals surface area contributed by atoms with Crippen LogP contribution < -0.4 is 0 Å². The standard InChI is InChI=1S/C15H16Br2N2O/c1-4-12-15(17)13(19(3)18-12)8-14(20)10-6-5-7-11(16)9(10)2/h5-7H,4,8H2,1-3H3. The number of Topliss-reactive ketones (excluding diaryl/α,β-unsaturated/α-hetero) is 1. The minimum atomic E-state index is 0.107. The van der Waals surface area contributed by atoms with E-state index in [-0.39, 0.29) is 5.78 Å². The molecule has 0 aliphatic carbocycles. The van der Waals surface area contributed by atoms with Crippen LogP contribution >= 0.6 is 31.9 Å². The molecule has 0 fully saturated rings. The topological polar surface area (TPSA) is 34.9 Å². The van der Waals surface area contributed by atoms with Gasteiger partial charge >= 0.3 is 0 Å². The van der Waals surface area contributed by atoms with E-state index in [2.05, 4.69) is 43.9 Å². The maximum Gasteiger partial charge on any atom is 0.169 e. The Kier molecular flexibility index (Phi) is 4.81. The zero-order valence-electron chi connectivity index (χ0n) is 11.7. The summed E-state index contributed by atoms with van der Waals surface area (Å²) < 4.78 is 3.69. The number of benzene rings is 1. The van der Waals surface area contributed by atoms with E-state index in [0.29, 0.717) is 6.42 Å². The molecule has 1 aromatic heterocycles. The van der Waals surface area contributed by atoms with Gasteiger partial charge in [-0.05, 0) is 40.9 Å². The third-order valence-electron chi connectivity index (χ3n) is 3.40. The molecule has 0 aliphatic heterocycles. The number of aryl methyl sites for hydroxylation is 2. The van der Waals surface area contributed by atoms with Crippen LogP contribution in [0.5, 0.6) is 0 Å². The Hall–Kier alpha value is -0.940. The highest BCUT2D eigenvalue weighted by Crippen LogP contribution is 2.25. The number of aromatic nitrogens is 2. The Balaban J connectivity index is 2.33. The number of ketones is 1. The van der Waals surface area contributed by atoms with Crippen molar-refractivity contribution in [2.45, 2.75) is 26.7 Å². The van der Waals surface area contributed by atoms with Crippen LogP contribution in [0.15, 0.2) is 27.1 Å². The molecule has 0 aliphatic rings. The SMILES string of the molecule is CCc1nn(C)c(CC(=O)c2cccc(Br)c2C)c1Br. The van der Waals surface area contributed by atoms with Crippen LogP contribution in [0.1, 0.15) is 34.2 Å². The van der Waals surface area contributed by atoms with Crippen molar-refractivity contribution < 1.29 is 4.79 Å². The van der Waals surface area contributed by atoms with Gasteiger partial charge in [0.2, 0.25) is 0 Å². The van der Waals surface area contributed by atoms with E-state index in [0.717, 1.165) is 37.9 Å². The summed E-state index contributed by atoms with van der Waals surface area (Å²) in [4.78, 5) is 12.5. The smallest absolute Gasteiger partial charge is 0.169 e. The van der Waals surface area contributed by atoms with Crippen molar-refractivity contribution in [3.63, 3.8) is 0 Å². The van der Waals surface area contributed by atoms with Gasteiger partial charge in [0, 0.05) is 17.1 Å². The minimum Gasteiger partial charge on any atom is -0.294 e. The van der Waals surface area contributed by atoms with E-state index in [9.17, 15) is 4.79 Å². The number of hydrogen-bond acceptors (Lipinski definition) is 2. The second kappa shape index (κ2) is 6.22. The number of carbonyl (C=O) groups is 1. The molecule has 0 atom stereocenters. The predicted octanol–water partition coefficient (Wildman–Crippen LogP) is 4.24. The van der Waals surface area contributed by atoms with Gasteiger partial charge in [0.25, 0.3) is 0 Å². The van der Waals surface area contributed by atoms with Gasteiger partial charge in [0.15, 0.2) is 5.78 Å². The summed E-state index contributed by atoms with van der Waals surface area (Å²) in [6.45, 7) is 4.00. The molecule has 0 saturated heterocycles. The van der Waals surface area contributed by atoms with Gasteiger partial charge in [-0.1, -0.05) is 35.0 Å². The van der Waals surface area contributed by atoms with E-state index in [1.54, 1.807) is 4.68 Å². The summed E-state index contributed by atoms with van der Waals surface area (Å²) >= 11 is 7.02. The van der Waals surface area contributed by atoms with Crippen LogP contribution in [0.25, 0.3) is 0 Å². The molecule has 0 saturated carbocycles. The van der Waals surface area contributed by atoms with Gasteiger partial charge in [-0.2, -0.15) is 5.10 Å². The maximum atomic E-state index is 12.5. The molecule has 0 bridgehead atoms. The van der Waals surface area contributed by atoms with Gasteiger partial charge in [-0.15, -0.1) is 0 Å². The lowest BCUT2D eigenvalue weighted by Crippen LogP contribution is -2.10. The quantitative estimate of drug-likeness (QED) is 0.720. The van der Waals surface area contributed by atoms with E-state index in [4.69, 9.17) is 0 Å². The summed E-state index contributed by atoms with van der Waals surface area (Å²) in [7, 11) is 1.88. The van der Waals surface area contributed by atoms with Crippen LogP contribution in [0, 0.1) is 6.92 Å². The summed E-state index contributed by atoms with van der Waals surface area (Å²) in [5.74, 6) is 0.107. The van der Waals surface area contributed by atoms with Crippen LogP contribution in [-0.4, -0.2) is 15.6 Å². The zero-order valence-corrected chi connectivity index (χ0v) is 14.9. The van der Waals surface area contributed by atoms with Gasteiger partial charge in [0.1, 0.15) is 0 Å². The van der Waals surface area contributed by atoms with Crippen molar-refractivity contribution in [1.29, 1.82) is 0 Å². The predicted molar refractivity (Wildman–Crippen MR) is 87.2 cm³/mol. The molecule has 1 aromatic carbocycles. The number of rotatable bonds is 4. The fourth-order valence-corrected chi connectivity index (χ4v) is 3.29. The van der Waals surface area contributed by atoms with Crippen LogP contribution in [0.4, 0.5) is 0 Å². The highest BCUT2D eigenvalue weighted by molar-refractivity contribution is 9.10. The first-order chi connectivity index (χ1) is 9.45. The minimum absolute atomic E-state index is 0.107. The Morgan fingerprint density at radius 1 is 1.35 bits per heavy atom. The van der Waals surface area contributed by atoms with Crippen molar-refractivity contribution in [1.82, 2.24) is 9.78 Å². The van der Waals surface area contributed by atoms with E-state index >= 15 is 0 Å². The summed E-state index contributed by atoms with van der Waals surface area (Å²) in [6.07, 6.45) is 1.19. The molecule has 20 heavy (non-hydrogen) atoms. The first-order valence-electron chi connectivity index (χ1n) is 6.44. The monoisotopic (exact) mass is 398 g/mol. The molecular weight excluding hydrogens is 384 g/mol. The lowest BCUT2D eigenvalue weighted by molar-refractivity contribution is 0.0990. The second-order valence-electron chi connectivity index (χ2n) is 4.70. The summed E-state index contributed by atoms with van der Waals surface area (Å²) in [5.41, 5.74) is 3.64. The Morgan fingerprint density at radius 3 is 2.65 bits per heavy atom. The molecule has 3 nitrogen and oxygen atoms in total. The number of halogens is 2. The Morgan fingerprint density at radius 2 is 2.05 bits per heavy atom. The highest BCUT2D eigenvalue weighted by Gasteiger charge is 2.18. The van der Waals surface area contributed by atoms with E-state index in [1.807, 2.05) is 32.2 Å². The van der Waals surface area contributed by atoms with Crippen LogP contribution in [0.3, 0.4) is 0 Å². The van der Waals surface area contributed by atoms with Crippen molar-refractivity contribution in [3.8, 4) is 0 Å². The van der Waals surface area contributed by atoms with E-state index in [1.165, 1.54) is 0 Å². The molecule has 2 rings (SSSR count). The molecule has 0 spiro atoms. The molecule has 1 heterocycles. The third-order valence-corrected chi connectivity index (χ3v) is 5.17. The third kappa shape index (κ3) is 2.88. The first kappa shape index (κ1) is 15.4. The molecular formula is C15H16Br2N2O. The van der Waals surface area contributed by atoms with Crippen molar-refractivity contribution in [2.75, 3.05) is 0 Å². The Bertz CT molecular complexity index is 662. The van der Waals surface area contributed by atoms with Crippen LogP contribution in [0.2, 0.25) is 0 Å². The number of nitrogens with zero attached hydrogens (tertiary/aromatic N) is 2. The van der Waals surface area contributed by atoms with Crippen molar-refractivity contribution in [3.05, 3.63) is 49.7 Å². The fraction of sp³-hybridized carbons (Fsp3) is 0.333. The molecule has 0 N–H and O–H groups in total. The number of hydrogen-bond donors (Lipinski definition) is 0. The van der Waals surface area contributed by atoms with Crippen molar-refractivity contribution >= 4 is 37.6 Å². The van der Waals surface area contributed by atoms with Crippen molar-refractivity contribution in [2.24, 2.45) is 7.05 Å². The number of carbonyl (C=O) groups excluding carboxylic acids is 1. The average Bonchev–Trinajstić information content (AvgIpc) is 2.69. The summed E-state index contributed by atoms with van der Waals surface area (Å²) in [6, 6.07) is 5.70.